The van der Waals surface area contributed by atoms with E-state index in [1.807, 2.05) is 0 Å². The van der Waals surface area contributed by atoms with E-state index in [0.29, 0.717) is 0 Å². The van der Waals surface area contributed by atoms with Crippen molar-refractivity contribution in [1.82, 2.24) is 13.7 Å². The van der Waals surface area contributed by atoms with Gasteiger partial charge in [0.25, 0.3) is 0 Å². The Morgan fingerprint density at radius 1 is 0.579 bits per heavy atom. The molecule has 0 aliphatic heterocycles. The quantitative estimate of drug-likeness (QED) is 0.544. The first kappa shape index (κ1) is 19.1. The molecule has 0 heterocycles. The number of hydrogen-bond donors (Lipinski definition) is 0. The lowest BCUT2D eigenvalue weighted by molar-refractivity contribution is 0.122. The molecule has 19 heavy (non-hydrogen) atoms. The van der Waals surface area contributed by atoms with E-state index in [2.05, 4.69) is 62.2 Å². The minimum Gasteiger partial charge on any atom is -0.380 e. The molecule has 0 aromatic rings. The molecule has 0 aromatic carbocycles. The summed E-state index contributed by atoms with van der Waals surface area (Å²) in [4.78, 5) is 0. The van der Waals surface area contributed by atoms with Gasteiger partial charge in [0.1, 0.15) is 0 Å². The third kappa shape index (κ3) is 4.01. The number of nitrogens with zero attached hydrogens (tertiary/aromatic N) is 3. The van der Waals surface area contributed by atoms with Crippen LogP contribution in [0, 0.1) is 0 Å². The summed E-state index contributed by atoms with van der Waals surface area (Å²) in [6.07, 6.45) is 0. The fourth-order valence-corrected chi connectivity index (χ4v) is 7.58. The lowest BCUT2D eigenvalue weighted by atomic mass is 10.6. The van der Waals surface area contributed by atoms with Crippen LogP contribution in [-0.2, 0) is 4.43 Å². The fraction of sp³-hybridized carbons (Fsp3) is 1.00. The van der Waals surface area contributed by atoms with Crippen LogP contribution in [0.5, 0.6) is 0 Å². The van der Waals surface area contributed by atoms with Gasteiger partial charge >= 0.3 is 8.80 Å². The van der Waals surface area contributed by atoms with Gasteiger partial charge < -0.3 is 4.43 Å². The SMILES string of the molecule is CCO[Si](N(CC)CC)(N(CC)CC)N(CC)CC. The number of hydrogen-bond acceptors (Lipinski definition) is 4. The third-order valence-corrected chi connectivity index (χ3v) is 8.91. The summed E-state index contributed by atoms with van der Waals surface area (Å²) in [7, 11) is -2.18. The Balaban J connectivity index is 5.68. The van der Waals surface area contributed by atoms with Gasteiger partial charge in [-0.25, -0.2) is 0 Å². The van der Waals surface area contributed by atoms with Crippen LogP contribution < -0.4 is 0 Å². The van der Waals surface area contributed by atoms with Crippen molar-refractivity contribution in [2.45, 2.75) is 48.5 Å². The maximum atomic E-state index is 6.48. The Kier molecular flexibility index (Phi) is 9.91. The predicted octanol–water partition coefficient (Wildman–Crippen LogP) is 2.48. The second-order valence-electron chi connectivity index (χ2n) is 4.52. The van der Waals surface area contributed by atoms with Gasteiger partial charge in [0.2, 0.25) is 0 Å². The highest BCUT2D eigenvalue weighted by Crippen LogP contribution is 2.22. The van der Waals surface area contributed by atoms with E-state index < -0.39 is 8.80 Å². The minimum atomic E-state index is -2.18. The van der Waals surface area contributed by atoms with Crippen LogP contribution >= 0.6 is 0 Å². The van der Waals surface area contributed by atoms with Gasteiger partial charge in [-0.1, -0.05) is 41.5 Å². The maximum Gasteiger partial charge on any atom is 0.448 e. The van der Waals surface area contributed by atoms with Crippen molar-refractivity contribution in [3.05, 3.63) is 0 Å². The molecule has 5 heteroatoms. The molecule has 0 saturated heterocycles. The Morgan fingerprint density at radius 3 is 1.00 bits per heavy atom. The largest absolute Gasteiger partial charge is 0.448 e. The van der Waals surface area contributed by atoms with Gasteiger partial charge in [-0.05, 0) is 46.2 Å². The summed E-state index contributed by atoms with van der Waals surface area (Å²) in [5.41, 5.74) is 0. The van der Waals surface area contributed by atoms with Crippen LogP contribution in [0.1, 0.15) is 48.5 Å². The highest BCUT2D eigenvalue weighted by atomic mass is 28.4. The van der Waals surface area contributed by atoms with Crippen LogP contribution in [0.25, 0.3) is 0 Å². The second-order valence-corrected chi connectivity index (χ2v) is 7.86. The molecule has 0 radical (unpaired) electrons. The predicted molar refractivity (Wildman–Crippen MR) is 86.1 cm³/mol. The Labute approximate surface area is 122 Å². The molecule has 0 aromatic heterocycles. The normalized spacial score (nSPS) is 12.9. The highest BCUT2D eigenvalue weighted by Gasteiger charge is 2.51. The Morgan fingerprint density at radius 2 is 0.842 bits per heavy atom. The van der Waals surface area contributed by atoms with E-state index in [1.54, 1.807) is 0 Å². The van der Waals surface area contributed by atoms with Crippen molar-refractivity contribution in [2.75, 3.05) is 45.9 Å². The summed E-state index contributed by atoms with van der Waals surface area (Å²) in [5, 5.41) is 0. The molecule has 4 nitrogen and oxygen atoms in total. The summed E-state index contributed by atoms with van der Waals surface area (Å²) in [6, 6.07) is 0. The average molecular weight is 290 g/mol. The molecule has 0 saturated carbocycles. The zero-order valence-corrected chi connectivity index (χ0v) is 15.2. The summed E-state index contributed by atoms with van der Waals surface area (Å²) >= 11 is 0. The summed E-state index contributed by atoms with van der Waals surface area (Å²) in [5.74, 6) is 0. The number of rotatable bonds is 11. The molecule has 0 bridgehead atoms. The van der Waals surface area contributed by atoms with Crippen LogP contribution in [0.2, 0.25) is 0 Å². The Bertz CT molecular complexity index is 185. The molecule has 0 aliphatic rings. The van der Waals surface area contributed by atoms with Gasteiger partial charge in [0.05, 0.1) is 0 Å². The first-order chi connectivity index (χ1) is 9.12. The van der Waals surface area contributed by atoms with Crippen LogP contribution in [-0.4, -0.2) is 68.4 Å². The molecular weight excluding hydrogens is 254 g/mol. The zero-order chi connectivity index (χ0) is 14.9. The molecule has 0 rings (SSSR count). The standard InChI is InChI=1S/C14H35N3OSi/c1-8-15(9-2)19(18-14-7,16(10-3)11-4)17(12-5)13-6/h8-14H2,1-7H3. The third-order valence-electron chi connectivity index (χ3n) is 3.86. The van der Waals surface area contributed by atoms with E-state index in [4.69, 9.17) is 4.43 Å². The Hall–Kier alpha value is 0.0569. The van der Waals surface area contributed by atoms with Crippen LogP contribution in [0.4, 0.5) is 0 Å². The van der Waals surface area contributed by atoms with E-state index in [1.165, 1.54) is 0 Å². The van der Waals surface area contributed by atoms with Gasteiger partial charge in [-0.2, -0.15) is 0 Å². The highest BCUT2D eigenvalue weighted by molar-refractivity contribution is 6.65. The van der Waals surface area contributed by atoms with Crippen molar-refractivity contribution >= 4 is 8.80 Å². The van der Waals surface area contributed by atoms with Crippen molar-refractivity contribution < 1.29 is 4.43 Å². The lowest BCUT2D eigenvalue weighted by Gasteiger charge is -2.51. The molecule has 0 amide bonds. The van der Waals surface area contributed by atoms with Gasteiger partial charge in [-0.3, -0.25) is 13.7 Å². The molecular formula is C14H35N3OSi. The fourth-order valence-electron chi connectivity index (χ4n) is 2.97. The molecule has 0 fully saturated rings. The molecule has 0 N–H and O–H groups in total. The molecule has 116 valence electrons. The first-order valence-electron chi connectivity index (χ1n) is 8.01. The zero-order valence-electron chi connectivity index (χ0n) is 14.2. The smallest absolute Gasteiger partial charge is 0.380 e. The van der Waals surface area contributed by atoms with Crippen molar-refractivity contribution in [2.24, 2.45) is 0 Å². The molecule has 0 unspecified atom stereocenters. The van der Waals surface area contributed by atoms with E-state index in [0.717, 1.165) is 45.9 Å². The van der Waals surface area contributed by atoms with E-state index in [9.17, 15) is 0 Å². The topological polar surface area (TPSA) is 19.0 Å². The maximum absolute atomic E-state index is 6.48. The summed E-state index contributed by atoms with van der Waals surface area (Å²) < 4.78 is 14.2. The van der Waals surface area contributed by atoms with Gasteiger partial charge in [-0.15, -0.1) is 0 Å². The average Bonchev–Trinajstić information content (AvgIpc) is 2.42. The van der Waals surface area contributed by atoms with Gasteiger partial charge in [0.15, 0.2) is 0 Å². The first-order valence-corrected chi connectivity index (χ1v) is 9.76. The van der Waals surface area contributed by atoms with E-state index in [-0.39, 0.29) is 0 Å². The van der Waals surface area contributed by atoms with Crippen molar-refractivity contribution in [3.63, 3.8) is 0 Å². The second kappa shape index (κ2) is 9.88. The van der Waals surface area contributed by atoms with Crippen LogP contribution in [0.3, 0.4) is 0 Å². The molecule has 0 spiro atoms. The van der Waals surface area contributed by atoms with Crippen LogP contribution in [0.15, 0.2) is 0 Å². The minimum absolute atomic E-state index is 0.787. The molecule has 0 atom stereocenters. The van der Waals surface area contributed by atoms with Crippen molar-refractivity contribution in [3.8, 4) is 0 Å². The monoisotopic (exact) mass is 289 g/mol. The molecule has 0 aliphatic carbocycles. The van der Waals surface area contributed by atoms with Crippen molar-refractivity contribution in [1.29, 1.82) is 0 Å². The lowest BCUT2D eigenvalue weighted by Crippen LogP contribution is -2.76. The summed E-state index contributed by atoms with van der Waals surface area (Å²) in [6.45, 7) is 22.7. The van der Waals surface area contributed by atoms with Gasteiger partial charge in [0, 0.05) is 6.61 Å². The van der Waals surface area contributed by atoms with E-state index >= 15 is 0 Å².